The molecule has 1 atom stereocenters. The number of fused-ring (bicyclic) bond motifs is 1. The second-order valence-electron chi connectivity index (χ2n) is 10.6. The Bertz CT molecular complexity index is 1550. The van der Waals surface area contributed by atoms with Crippen molar-refractivity contribution in [2.75, 3.05) is 0 Å². The molecule has 3 aromatic heterocycles. The number of aliphatic hydroxyl groups is 3. The van der Waals surface area contributed by atoms with Gasteiger partial charge in [-0.05, 0) is 57.6 Å². The molecule has 1 aliphatic rings. The summed E-state index contributed by atoms with van der Waals surface area (Å²) in [7, 11) is 0. The van der Waals surface area contributed by atoms with Crippen LogP contribution in [-0.4, -0.2) is 47.9 Å². The van der Waals surface area contributed by atoms with E-state index in [-0.39, 0.29) is 24.1 Å². The molecular formula is C28H33N3O7S. The van der Waals surface area contributed by atoms with Gasteiger partial charge in [-0.2, -0.15) is 0 Å². The third kappa shape index (κ3) is 5.12. The van der Waals surface area contributed by atoms with E-state index in [0.29, 0.717) is 46.8 Å². The van der Waals surface area contributed by atoms with Crippen molar-refractivity contribution in [3.05, 3.63) is 74.8 Å². The minimum atomic E-state index is -1.96. The van der Waals surface area contributed by atoms with Crippen LogP contribution in [0.15, 0.2) is 56.8 Å². The first kappa shape index (κ1) is 27.5. The Balaban J connectivity index is 1.70. The molecule has 4 aromatic rings. The van der Waals surface area contributed by atoms with Crippen LogP contribution in [-0.2, 0) is 16.8 Å². The molecule has 39 heavy (non-hydrogen) atoms. The van der Waals surface area contributed by atoms with E-state index in [1.807, 2.05) is 30.3 Å². The summed E-state index contributed by atoms with van der Waals surface area (Å²) in [5, 5.41) is 30.5. The van der Waals surface area contributed by atoms with Gasteiger partial charge in [0.25, 0.3) is 5.56 Å². The van der Waals surface area contributed by atoms with E-state index in [1.165, 1.54) is 42.2 Å². The molecular weight excluding hydrogens is 522 g/mol. The van der Waals surface area contributed by atoms with Crippen LogP contribution in [0.25, 0.3) is 21.0 Å². The predicted molar refractivity (Wildman–Crippen MR) is 147 cm³/mol. The normalized spacial score (nSPS) is 19.2. The molecule has 0 bridgehead atoms. The van der Waals surface area contributed by atoms with Gasteiger partial charge in [0.1, 0.15) is 17.2 Å². The van der Waals surface area contributed by atoms with Gasteiger partial charge in [-0.15, -0.1) is 11.3 Å². The molecule has 1 aliphatic carbocycles. The number of aromatic nitrogens is 3. The molecule has 3 N–H and O–H groups in total. The quantitative estimate of drug-likeness (QED) is 0.282. The number of thiophene rings is 1. The van der Waals surface area contributed by atoms with Gasteiger partial charge in [-0.25, -0.2) is 14.3 Å². The number of rotatable bonds is 8. The summed E-state index contributed by atoms with van der Waals surface area (Å²) in [5.41, 5.74) is -1.44. The first-order chi connectivity index (χ1) is 18.6. The number of oxazole rings is 1. The van der Waals surface area contributed by atoms with Crippen LogP contribution in [0.3, 0.4) is 0 Å². The van der Waals surface area contributed by atoms with Crippen molar-refractivity contribution in [2.24, 2.45) is 0 Å². The number of nitrogens with zero attached hydrogens (tertiary/aromatic N) is 3. The molecule has 0 unspecified atom stereocenters. The van der Waals surface area contributed by atoms with Crippen molar-refractivity contribution in [1.82, 2.24) is 14.1 Å². The second-order valence-corrected chi connectivity index (χ2v) is 11.6. The summed E-state index contributed by atoms with van der Waals surface area (Å²) in [4.78, 5) is 33.1. The summed E-state index contributed by atoms with van der Waals surface area (Å²) in [6.07, 6.45) is 2.71. The zero-order valence-electron chi connectivity index (χ0n) is 22.1. The summed E-state index contributed by atoms with van der Waals surface area (Å²) < 4.78 is 14.5. The fourth-order valence-corrected chi connectivity index (χ4v) is 6.39. The molecule has 0 saturated heterocycles. The smallest absolute Gasteiger partial charge is 0.332 e. The molecule has 208 valence electrons. The van der Waals surface area contributed by atoms with Gasteiger partial charge >= 0.3 is 5.69 Å². The van der Waals surface area contributed by atoms with Gasteiger partial charge in [0.15, 0.2) is 6.29 Å². The molecule has 0 aliphatic heterocycles. The highest BCUT2D eigenvalue weighted by Gasteiger charge is 2.35. The highest BCUT2D eigenvalue weighted by atomic mass is 32.1. The second kappa shape index (κ2) is 10.8. The highest BCUT2D eigenvalue weighted by molar-refractivity contribution is 7.22. The average Bonchev–Trinajstić information content (AvgIpc) is 3.55. The van der Waals surface area contributed by atoms with Gasteiger partial charge in [0.05, 0.1) is 40.8 Å². The van der Waals surface area contributed by atoms with Crippen LogP contribution >= 0.6 is 11.3 Å². The Morgan fingerprint density at radius 3 is 2.46 bits per heavy atom. The lowest BCUT2D eigenvalue weighted by Crippen LogP contribution is -2.54. The maximum Gasteiger partial charge on any atom is 0.332 e. The first-order valence-corrected chi connectivity index (χ1v) is 13.8. The number of hydrogen-bond donors (Lipinski definition) is 3. The summed E-state index contributed by atoms with van der Waals surface area (Å²) in [6.45, 7) is 4.72. The molecule has 1 saturated carbocycles. The molecule has 10 nitrogen and oxygen atoms in total. The SMILES string of the molecule is Cc1c(-c2ncco2)sc2c1c(=O)n(C(C)(C)C(O)O)c(=O)n2C[C@H](O[C@H]1CC[C@H](O)CC1)c1ccccc1. The molecule has 0 radical (unpaired) electrons. The molecule has 1 aromatic carbocycles. The van der Waals surface area contributed by atoms with E-state index in [9.17, 15) is 24.9 Å². The number of hydrogen-bond acceptors (Lipinski definition) is 9. The van der Waals surface area contributed by atoms with Crippen LogP contribution < -0.4 is 11.2 Å². The Hall–Kier alpha value is -3.09. The predicted octanol–water partition coefficient (Wildman–Crippen LogP) is 3.30. The van der Waals surface area contributed by atoms with Crippen molar-refractivity contribution < 1.29 is 24.5 Å². The fourth-order valence-electron chi connectivity index (χ4n) is 5.14. The molecule has 0 amide bonds. The highest BCUT2D eigenvalue weighted by Crippen LogP contribution is 2.37. The lowest BCUT2D eigenvalue weighted by molar-refractivity contribution is -0.116. The van der Waals surface area contributed by atoms with E-state index in [0.717, 1.165) is 10.1 Å². The van der Waals surface area contributed by atoms with Gasteiger partial charge in [0, 0.05) is 0 Å². The minimum Gasteiger partial charge on any atom is -0.444 e. The Morgan fingerprint density at radius 2 is 1.85 bits per heavy atom. The van der Waals surface area contributed by atoms with Gasteiger partial charge in [-0.3, -0.25) is 9.36 Å². The maximum absolute atomic E-state index is 14.0. The van der Waals surface area contributed by atoms with Gasteiger partial charge in [-0.1, -0.05) is 30.3 Å². The number of aryl methyl sites for hydroxylation is 1. The van der Waals surface area contributed by atoms with E-state index < -0.39 is 29.2 Å². The summed E-state index contributed by atoms with van der Waals surface area (Å²) in [5.74, 6) is 0.330. The van der Waals surface area contributed by atoms with Crippen molar-refractivity contribution in [3.8, 4) is 10.8 Å². The average molecular weight is 556 g/mol. The Morgan fingerprint density at radius 1 is 1.15 bits per heavy atom. The fraction of sp³-hybridized carbons (Fsp3) is 0.464. The van der Waals surface area contributed by atoms with E-state index in [2.05, 4.69) is 4.98 Å². The van der Waals surface area contributed by atoms with Crippen LogP contribution in [0.2, 0.25) is 0 Å². The third-order valence-corrected chi connectivity index (χ3v) is 8.87. The van der Waals surface area contributed by atoms with Crippen LogP contribution in [0.1, 0.15) is 56.8 Å². The minimum absolute atomic E-state index is 0.0846. The lowest BCUT2D eigenvalue weighted by atomic mass is 9.95. The number of ether oxygens (including phenoxy) is 1. The molecule has 1 fully saturated rings. The van der Waals surface area contributed by atoms with E-state index in [4.69, 9.17) is 9.15 Å². The van der Waals surface area contributed by atoms with Crippen LogP contribution in [0.5, 0.6) is 0 Å². The van der Waals surface area contributed by atoms with Gasteiger partial charge in [0.2, 0.25) is 5.89 Å². The molecule has 5 rings (SSSR count). The Labute approximate surface area is 228 Å². The van der Waals surface area contributed by atoms with Crippen molar-refractivity contribution in [2.45, 2.75) is 83.1 Å². The number of benzene rings is 1. The van der Waals surface area contributed by atoms with E-state index >= 15 is 0 Å². The maximum atomic E-state index is 14.0. The Kier molecular flexibility index (Phi) is 7.62. The topological polar surface area (TPSA) is 140 Å². The van der Waals surface area contributed by atoms with E-state index in [1.54, 1.807) is 6.92 Å². The molecule has 3 heterocycles. The largest absolute Gasteiger partial charge is 0.444 e. The van der Waals surface area contributed by atoms with Crippen molar-refractivity contribution in [3.63, 3.8) is 0 Å². The zero-order chi connectivity index (χ0) is 27.9. The zero-order valence-corrected chi connectivity index (χ0v) is 22.9. The molecule has 11 heteroatoms. The van der Waals surface area contributed by atoms with Crippen LogP contribution in [0, 0.1) is 6.92 Å². The van der Waals surface area contributed by atoms with Crippen molar-refractivity contribution >= 4 is 21.6 Å². The first-order valence-electron chi connectivity index (χ1n) is 13.0. The third-order valence-electron chi connectivity index (χ3n) is 7.57. The van der Waals surface area contributed by atoms with Crippen molar-refractivity contribution in [1.29, 1.82) is 0 Å². The summed E-state index contributed by atoms with van der Waals surface area (Å²) in [6, 6.07) is 9.56. The van der Waals surface area contributed by atoms with Crippen LogP contribution in [0.4, 0.5) is 0 Å². The lowest BCUT2D eigenvalue weighted by Gasteiger charge is -2.32. The standard InChI is InChI=1S/C28H33N3O7S/c1-16-21-24(33)31(28(2,3)26(34)35)27(36)30(25(21)39-22(16)23-29-13-14-37-23)15-20(17-7-5-4-6-8-17)38-19-11-9-18(32)10-12-19/h4-8,13-14,18-20,26,32,34-35H,9-12,15H2,1-3H3/t18-,19-,20-/m0/s1. The number of aliphatic hydroxyl groups excluding tert-OH is 2. The monoisotopic (exact) mass is 555 g/mol. The molecule has 0 spiro atoms. The van der Waals surface area contributed by atoms with Gasteiger partial charge < -0.3 is 24.5 Å². The summed E-state index contributed by atoms with van der Waals surface area (Å²) >= 11 is 1.23.